The maximum Gasteiger partial charge on any atom is 0.186 e. The van der Waals surface area contributed by atoms with Crippen LogP contribution in [0, 0.1) is 11.3 Å². The predicted molar refractivity (Wildman–Crippen MR) is 71.6 cm³/mol. The molecule has 1 aromatic carbocycles. The molecular formula is C13H13ClN4O. The van der Waals surface area contributed by atoms with E-state index >= 15 is 0 Å². The molecule has 0 fully saturated rings. The number of nitrogens with zero attached hydrogens (tertiary/aromatic N) is 4. The summed E-state index contributed by atoms with van der Waals surface area (Å²) in [4.78, 5) is 0. The topological polar surface area (TPSA) is 63.7 Å². The summed E-state index contributed by atoms with van der Waals surface area (Å²) in [5, 5.41) is 17.4. The summed E-state index contributed by atoms with van der Waals surface area (Å²) in [7, 11) is 1.56. The number of hydrogen-bond acceptors (Lipinski definition) is 4. The summed E-state index contributed by atoms with van der Waals surface area (Å²) in [6.07, 6.45) is 1.64. The monoisotopic (exact) mass is 276 g/mol. The van der Waals surface area contributed by atoms with Gasteiger partial charge in [-0.15, -0.1) is 5.10 Å². The zero-order valence-electron chi connectivity index (χ0n) is 10.7. The molecule has 0 unspecified atom stereocenters. The van der Waals surface area contributed by atoms with Crippen molar-refractivity contribution >= 4 is 11.6 Å². The molecule has 0 amide bonds. The first kappa shape index (κ1) is 13.4. The van der Waals surface area contributed by atoms with Crippen LogP contribution in [-0.2, 0) is 6.42 Å². The van der Waals surface area contributed by atoms with Crippen molar-refractivity contribution in [2.75, 3.05) is 7.11 Å². The Morgan fingerprint density at radius 2 is 2.26 bits per heavy atom. The molecule has 0 aliphatic carbocycles. The number of halogens is 1. The fourth-order valence-corrected chi connectivity index (χ4v) is 2.10. The molecule has 0 spiro atoms. The third kappa shape index (κ3) is 2.54. The van der Waals surface area contributed by atoms with Crippen molar-refractivity contribution < 1.29 is 4.74 Å². The Hall–Kier alpha value is -2.06. The van der Waals surface area contributed by atoms with Gasteiger partial charge < -0.3 is 4.74 Å². The smallest absolute Gasteiger partial charge is 0.186 e. The fourth-order valence-electron chi connectivity index (χ4n) is 1.84. The van der Waals surface area contributed by atoms with Crippen molar-refractivity contribution in [2.24, 2.45) is 0 Å². The third-order valence-electron chi connectivity index (χ3n) is 2.74. The van der Waals surface area contributed by atoms with Crippen LogP contribution in [0.4, 0.5) is 0 Å². The van der Waals surface area contributed by atoms with E-state index < -0.39 is 0 Å². The summed E-state index contributed by atoms with van der Waals surface area (Å²) >= 11 is 6.10. The first-order valence-corrected chi connectivity index (χ1v) is 6.27. The number of rotatable bonds is 4. The van der Waals surface area contributed by atoms with Gasteiger partial charge in [-0.2, -0.15) is 5.26 Å². The van der Waals surface area contributed by atoms with Gasteiger partial charge in [-0.05, 0) is 24.6 Å². The first-order chi connectivity index (χ1) is 9.21. The van der Waals surface area contributed by atoms with Crippen molar-refractivity contribution in [1.82, 2.24) is 15.0 Å². The number of hydrogen-bond donors (Lipinski definition) is 0. The summed E-state index contributed by atoms with van der Waals surface area (Å²) in [5.74, 6) is 0.600. The van der Waals surface area contributed by atoms with Crippen LogP contribution in [0.5, 0.6) is 5.75 Å². The van der Waals surface area contributed by atoms with Crippen molar-refractivity contribution in [3.05, 3.63) is 34.6 Å². The SMILES string of the molecule is CCCc1c(C#N)nnn1-c1ccc(OC)c(Cl)c1. The number of aromatic nitrogens is 3. The number of methoxy groups -OCH3 is 1. The van der Waals surface area contributed by atoms with Gasteiger partial charge in [0.2, 0.25) is 0 Å². The lowest BCUT2D eigenvalue weighted by atomic mass is 10.2. The molecule has 0 bridgehead atoms. The molecule has 0 saturated heterocycles. The molecule has 0 radical (unpaired) electrons. The Labute approximate surface area is 116 Å². The first-order valence-electron chi connectivity index (χ1n) is 5.89. The summed E-state index contributed by atoms with van der Waals surface area (Å²) in [6, 6.07) is 7.40. The minimum atomic E-state index is 0.355. The third-order valence-corrected chi connectivity index (χ3v) is 3.03. The minimum absolute atomic E-state index is 0.355. The van der Waals surface area contributed by atoms with Crippen LogP contribution < -0.4 is 4.74 Å². The molecule has 6 heteroatoms. The average molecular weight is 277 g/mol. The minimum Gasteiger partial charge on any atom is -0.495 e. The molecule has 0 aliphatic rings. The van der Waals surface area contributed by atoms with Gasteiger partial charge in [0, 0.05) is 0 Å². The Morgan fingerprint density at radius 1 is 1.47 bits per heavy atom. The molecular weight excluding hydrogens is 264 g/mol. The highest BCUT2D eigenvalue weighted by Gasteiger charge is 2.14. The molecule has 98 valence electrons. The number of nitriles is 1. The van der Waals surface area contributed by atoms with E-state index in [4.69, 9.17) is 21.6 Å². The van der Waals surface area contributed by atoms with Crippen molar-refractivity contribution in [2.45, 2.75) is 19.8 Å². The zero-order valence-corrected chi connectivity index (χ0v) is 11.5. The van der Waals surface area contributed by atoms with Crippen LogP contribution >= 0.6 is 11.6 Å². The maximum atomic E-state index is 9.03. The van der Waals surface area contributed by atoms with E-state index in [-0.39, 0.29) is 0 Å². The molecule has 2 aromatic rings. The highest BCUT2D eigenvalue weighted by molar-refractivity contribution is 6.32. The molecule has 2 rings (SSSR count). The van der Waals surface area contributed by atoms with Gasteiger partial charge in [-0.1, -0.05) is 30.2 Å². The van der Waals surface area contributed by atoms with Gasteiger partial charge in [0.25, 0.3) is 0 Å². The van der Waals surface area contributed by atoms with Crippen molar-refractivity contribution in [1.29, 1.82) is 5.26 Å². The molecule has 0 N–H and O–H groups in total. The van der Waals surface area contributed by atoms with Crippen molar-refractivity contribution in [3.63, 3.8) is 0 Å². The number of ether oxygens (including phenoxy) is 1. The molecule has 1 aromatic heterocycles. The molecule has 5 nitrogen and oxygen atoms in total. The van der Waals surface area contributed by atoms with Crippen molar-refractivity contribution in [3.8, 4) is 17.5 Å². The lowest BCUT2D eigenvalue weighted by Crippen LogP contribution is -2.03. The lowest BCUT2D eigenvalue weighted by Gasteiger charge is -2.08. The van der Waals surface area contributed by atoms with Gasteiger partial charge in [0.05, 0.1) is 23.5 Å². The van der Waals surface area contributed by atoms with E-state index in [2.05, 4.69) is 16.4 Å². The van der Waals surface area contributed by atoms with Gasteiger partial charge in [0.1, 0.15) is 11.8 Å². The summed E-state index contributed by atoms with van der Waals surface area (Å²) < 4.78 is 6.76. The number of benzene rings is 1. The van der Waals surface area contributed by atoms with E-state index in [0.717, 1.165) is 24.2 Å². The Kier molecular flexibility index (Phi) is 4.03. The Balaban J connectivity index is 2.50. The van der Waals surface area contributed by atoms with Crippen LogP contribution in [0.1, 0.15) is 24.7 Å². The second kappa shape index (κ2) is 5.72. The standard InChI is InChI=1S/C13H13ClN4O/c1-3-4-12-11(8-15)16-17-18(12)9-5-6-13(19-2)10(14)7-9/h5-7H,3-4H2,1-2H3. The highest BCUT2D eigenvalue weighted by atomic mass is 35.5. The highest BCUT2D eigenvalue weighted by Crippen LogP contribution is 2.27. The van der Waals surface area contributed by atoms with Crippen LogP contribution in [0.2, 0.25) is 5.02 Å². The Morgan fingerprint density at radius 3 is 2.84 bits per heavy atom. The lowest BCUT2D eigenvalue weighted by molar-refractivity contribution is 0.415. The van der Waals surface area contributed by atoms with E-state index in [1.807, 2.05) is 13.0 Å². The average Bonchev–Trinajstić information content (AvgIpc) is 2.82. The van der Waals surface area contributed by atoms with E-state index in [1.165, 1.54) is 0 Å². The van der Waals surface area contributed by atoms with E-state index in [0.29, 0.717) is 16.5 Å². The normalized spacial score (nSPS) is 10.2. The molecule has 0 aliphatic heterocycles. The van der Waals surface area contributed by atoms with Gasteiger partial charge in [-0.3, -0.25) is 0 Å². The maximum absolute atomic E-state index is 9.03. The summed E-state index contributed by atoms with van der Waals surface area (Å²) in [5.41, 5.74) is 1.92. The van der Waals surface area contributed by atoms with Gasteiger partial charge in [-0.25, -0.2) is 4.68 Å². The van der Waals surface area contributed by atoms with Crippen LogP contribution in [-0.4, -0.2) is 22.1 Å². The van der Waals surface area contributed by atoms with Crippen LogP contribution in [0.3, 0.4) is 0 Å². The summed E-state index contributed by atoms with van der Waals surface area (Å²) in [6.45, 7) is 2.04. The van der Waals surface area contributed by atoms with E-state index in [9.17, 15) is 0 Å². The second-order valence-electron chi connectivity index (χ2n) is 3.98. The second-order valence-corrected chi connectivity index (χ2v) is 4.38. The molecule has 1 heterocycles. The van der Waals surface area contributed by atoms with Gasteiger partial charge >= 0.3 is 0 Å². The Bertz CT molecular complexity index is 630. The zero-order chi connectivity index (χ0) is 13.8. The van der Waals surface area contributed by atoms with Crippen LogP contribution in [0.15, 0.2) is 18.2 Å². The van der Waals surface area contributed by atoms with Gasteiger partial charge in [0.15, 0.2) is 5.69 Å². The van der Waals surface area contributed by atoms with E-state index in [1.54, 1.807) is 23.9 Å². The molecule has 0 saturated carbocycles. The quantitative estimate of drug-likeness (QED) is 0.861. The molecule has 0 atom stereocenters. The fraction of sp³-hybridized carbons (Fsp3) is 0.308. The predicted octanol–water partition coefficient (Wildman–Crippen LogP) is 2.75. The molecule has 19 heavy (non-hydrogen) atoms. The largest absolute Gasteiger partial charge is 0.495 e. The van der Waals surface area contributed by atoms with Crippen LogP contribution in [0.25, 0.3) is 5.69 Å².